The zero-order valence-electron chi connectivity index (χ0n) is 19.0. The molecule has 0 saturated heterocycles. The van der Waals surface area contributed by atoms with E-state index in [4.69, 9.17) is 9.16 Å². The van der Waals surface area contributed by atoms with Crippen LogP contribution in [0.15, 0.2) is 72.8 Å². The fraction of sp³-hybridized carbons (Fsp3) is 0.462. The van der Waals surface area contributed by atoms with E-state index in [2.05, 4.69) is 101 Å². The van der Waals surface area contributed by atoms with Crippen molar-refractivity contribution in [3.05, 3.63) is 83.9 Å². The van der Waals surface area contributed by atoms with Crippen molar-refractivity contribution in [2.45, 2.75) is 65.0 Å². The molecule has 0 bridgehead atoms. The fourth-order valence-corrected chi connectivity index (χ4v) is 3.83. The highest BCUT2D eigenvalue weighted by molar-refractivity contribution is 6.74. The average Bonchev–Trinajstić information content (AvgIpc) is 2.68. The number of hydrogen-bond acceptors (Lipinski definition) is 2. The zero-order valence-corrected chi connectivity index (χ0v) is 20.0. The van der Waals surface area contributed by atoms with E-state index < -0.39 is 8.32 Å². The predicted octanol–water partition coefficient (Wildman–Crippen LogP) is 7.55. The summed E-state index contributed by atoms with van der Waals surface area (Å²) in [4.78, 5) is 0. The number of benzene rings is 2. The molecule has 2 nitrogen and oxygen atoms in total. The lowest BCUT2D eigenvalue weighted by molar-refractivity contribution is 0.0714. The molecule has 2 atom stereocenters. The molecule has 0 aliphatic heterocycles. The number of rotatable bonds is 10. The lowest BCUT2D eigenvalue weighted by Gasteiger charge is -2.36. The summed E-state index contributed by atoms with van der Waals surface area (Å²) in [6, 6.07) is 20.8. The van der Waals surface area contributed by atoms with Gasteiger partial charge >= 0.3 is 0 Å². The first-order valence-electron chi connectivity index (χ1n) is 10.7. The summed E-state index contributed by atoms with van der Waals surface area (Å²) in [6.45, 7) is 15.2. The van der Waals surface area contributed by atoms with Gasteiger partial charge in [0.25, 0.3) is 0 Å². The van der Waals surface area contributed by atoms with Crippen molar-refractivity contribution in [3.8, 4) is 0 Å². The Labute approximate surface area is 179 Å². The molecule has 0 unspecified atom stereocenters. The molecule has 3 heteroatoms. The van der Waals surface area contributed by atoms with Crippen LogP contribution in [0.25, 0.3) is 0 Å². The second-order valence-corrected chi connectivity index (χ2v) is 14.2. The van der Waals surface area contributed by atoms with Gasteiger partial charge in [-0.25, -0.2) is 0 Å². The van der Waals surface area contributed by atoms with E-state index in [1.165, 1.54) is 11.1 Å². The van der Waals surface area contributed by atoms with Crippen molar-refractivity contribution in [2.24, 2.45) is 5.92 Å². The van der Waals surface area contributed by atoms with Crippen molar-refractivity contribution >= 4 is 8.32 Å². The molecule has 0 heterocycles. The molecule has 0 spiro atoms. The first kappa shape index (κ1) is 23.6. The van der Waals surface area contributed by atoms with Crippen molar-refractivity contribution in [1.29, 1.82) is 0 Å². The van der Waals surface area contributed by atoms with Crippen LogP contribution in [0, 0.1) is 5.92 Å². The molecule has 0 fully saturated rings. The SMILES string of the molecule is C[C@H](/C=C/[C@@H](OCc1ccccc1)c1ccccc1)CCO[Si](C)(C)C(C)(C)C. The zero-order chi connectivity index (χ0) is 21.3. The highest BCUT2D eigenvalue weighted by Crippen LogP contribution is 2.36. The monoisotopic (exact) mass is 410 g/mol. The van der Waals surface area contributed by atoms with Crippen molar-refractivity contribution in [2.75, 3.05) is 6.61 Å². The van der Waals surface area contributed by atoms with Gasteiger partial charge in [-0.2, -0.15) is 0 Å². The van der Waals surface area contributed by atoms with Gasteiger partial charge in [0.1, 0.15) is 6.10 Å². The van der Waals surface area contributed by atoms with E-state index in [1.54, 1.807) is 0 Å². The molecule has 2 rings (SSSR count). The third-order valence-electron chi connectivity index (χ3n) is 5.86. The van der Waals surface area contributed by atoms with Crippen molar-refractivity contribution < 1.29 is 9.16 Å². The lowest BCUT2D eigenvalue weighted by atomic mass is 10.0. The Balaban J connectivity index is 1.94. The van der Waals surface area contributed by atoms with Crippen LogP contribution >= 0.6 is 0 Å². The summed E-state index contributed by atoms with van der Waals surface area (Å²) >= 11 is 0. The topological polar surface area (TPSA) is 18.5 Å². The molecular formula is C26H38O2Si. The number of allylic oxidation sites excluding steroid dienone is 1. The standard InChI is InChI=1S/C26H38O2Si/c1-22(19-20-28-29(5,6)26(2,3)4)17-18-25(24-15-11-8-12-16-24)27-21-23-13-9-7-10-14-23/h7-18,22,25H,19-21H2,1-6H3/b18-17+/t22-,25-/m1/s1. The van der Waals surface area contributed by atoms with E-state index >= 15 is 0 Å². The summed E-state index contributed by atoms with van der Waals surface area (Å²) in [6.07, 6.45) is 5.47. The first-order chi connectivity index (χ1) is 13.7. The third kappa shape index (κ3) is 7.92. The molecular weight excluding hydrogens is 372 g/mol. The lowest BCUT2D eigenvalue weighted by Crippen LogP contribution is -2.41. The maximum Gasteiger partial charge on any atom is 0.191 e. The minimum Gasteiger partial charge on any atom is -0.417 e. The molecule has 0 saturated carbocycles. The Kier molecular flexibility index (Phi) is 8.88. The van der Waals surface area contributed by atoms with Crippen LogP contribution in [0.1, 0.15) is 51.3 Å². The highest BCUT2D eigenvalue weighted by Gasteiger charge is 2.36. The van der Waals surface area contributed by atoms with Gasteiger partial charge in [-0.15, -0.1) is 0 Å². The Morgan fingerprint density at radius 1 is 0.897 bits per heavy atom. The molecule has 0 aromatic heterocycles. The van der Waals surface area contributed by atoms with Gasteiger partial charge in [0, 0.05) is 6.61 Å². The van der Waals surface area contributed by atoms with Crippen LogP contribution in [-0.2, 0) is 15.8 Å². The van der Waals surface area contributed by atoms with Crippen LogP contribution < -0.4 is 0 Å². The molecule has 2 aromatic carbocycles. The number of hydrogen-bond donors (Lipinski definition) is 0. The van der Waals surface area contributed by atoms with Gasteiger partial charge in [-0.3, -0.25) is 0 Å². The third-order valence-corrected chi connectivity index (χ3v) is 10.4. The van der Waals surface area contributed by atoms with Crippen LogP contribution in [-0.4, -0.2) is 14.9 Å². The maximum absolute atomic E-state index is 6.34. The quantitative estimate of drug-likeness (QED) is 0.297. The van der Waals surface area contributed by atoms with E-state index in [-0.39, 0.29) is 11.1 Å². The van der Waals surface area contributed by atoms with E-state index in [0.29, 0.717) is 12.5 Å². The van der Waals surface area contributed by atoms with Gasteiger partial charge in [0.05, 0.1) is 6.61 Å². The van der Waals surface area contributed by atoms with Gasteiger partial charge in [0.2, 0.25) is 0 Å². The van der Waals surface area contributed by atoms with Gasteiger partial charge in [0.15, 0.2) is 8.32 Å². The fourth-order valence-electron chi connectivity index (χ4n) is 2.77. The maximum atomic E-state index is 6.34. The Morgan fingerprint density at radius 3 is 2.07 bits per heavy atom. The van der Waals surface area contributed by atoms with Crippen LogP contribution in [0.3, 0.4) is 0 Å². The van der Waals surface area contributed by atoms with Crippen molar-refractivity contribution in [3.63, 3.8) is 0 Å². The largest absolute Gasteiger partial charge is 0.417 e. The first-order valence-corrected chi connectivity index (χ1v) is 13.6. The summed E-state index contributed by atoms with van der Waals surface area (Å²) in [5.74, 6) is 0.450. The highest BCUT2D eigenvalue weighted by atomic mass is 28.4. The summed E-state index contributed by atoms with van der Waals surface area (Å²) in [7, 11) is -1.67. The van der Waals surface area contributed by atoms with Crippen LogP contribution in [0.2, 0.25) is 18.1 Å². The predicted molar refractivity (Wildman–Crippen MR) is 126 cm³/mol. The van der Waals surface area contributed by atoms with Gasteiger partial charge in [-0.1, -0.05) is 101 Å². The molecule has 0 N–H and O–H groups in total. The molecule has 0 aliphatic rings. The smallest absolute Gasteiger partial charge is 0.191 e. The van der Waals surface area contributed by atoms with Gasteiger partial charge < -0.3 is 9.16 Å². The van der Waals surface area contributed by atoms with E-state index in [1.807, 2.05) is 12.1 Å². The molecule has 0 aliphatic carbocycles. The second kappa shape index (κ2) is 10.9. The molecule has 29 heavy (non-hydrogen) atoms. The minimum absolute atomic E-state index is 0.0415. The average molecular weight is 411 g/mol. The summed E-state index contributed by atoms with van der Waals surface area (Å²) in [5, 5.41) is 0.260. The normalized spacial score (nSPS) is 14.8. The van der Waals surface area contributed by atoms with E-state index in [9.17, 15) is 0 Å². The molecule has 0 radical (unpaired) electrons. The van der Waals surface area contributed by atoms with E-state index in [0.717, 1.165) is 13.0 Å². The summed E-state index contributed by atoms with van der Waals surface area (Å²) < 4.78 is 12.6. The molecule has 2 aromatic rings. The molecule has 158 valence electrons. The van der Waals surface area contributed by atoms with Crippen LogP contribution in [0.4, 0.5) is 0 Å². The molecule has 0 amide bonds. The Hall–Kier alpha value is -1.68. The second-order valence-electron chi connectivity index (χ2n) is 9.39. The summed E-state index contributed by atoms with van der Waals surface area (Å²) in [5.41, 5.74) is 2.38. The van der Waals surface area contributed by atoms with Crippen LogP contribution in [0.5, 0.6) is 0 Å². The minimum atomic E-state index is -1.67. The Morgan fingerprint density at radius 2 is 1.48 bits per heavy atom. The Bertz CT molecular complexity index is 732. The van der Waals surface area contributed by atoms with Crippen molar-refractivity contribution in [1.82, 2.24) is 0 Å². The number of ether oxygens (including phenoxy) is 1. The van der Waals surface area contributed by atoms with Gasteiger partial charge in [-0.05, 0) is 41.6 Å².